The van der Waals surface area contributed by atoms with Gasteiger partial charge in [0.2, 0.25) is 11.5 Å². The van der Waals surface area contributed by atoms with Crippen LogP contribution in [0.5, 0.6) is 0 Å². The maximum atomic E-state index is 12.9. The summed E-state index contributed by atoms with van der Waals surface area (Å²) in [5.41, 5.74) is 4.28. The Hall–Kier alpha value is -3.14. The number of hydrogen-bond donors (Lipinski definition) is 1. The summed E-state index contributed by atoms with van der Waals surface area (Å²) in [7, 11) is 0. The quantitative estimate of drug-likeness (QED) is 0.788. The van der Waals surface area contributed by atoms with Crippen LogP contribution in [0, 0.1) is 0 Å². The molecule has 0 bridgehead atoms. The summed E-state index contributed by atoms with van der Waals surface area (Å²) in [5.74, 6) is 0.325. The number of nitrogens with zero attached hydrogens (tertiary/aromatic N) is 1. The van der Waals surface area contributed by atoms with E-state index in [9.17, 15) is 9.59 Å². The zero-order valence-corrected chi connectivity index (χ0v) is 14.4. The fraction of sp³-hybridized carbons (Fsp3) is 0.182. The van der Waals surface area contributed by atoms with Crippen LogP contribution in [0.2, 0.25) is 0 Å². The van der Waals surface area contributed by atoms with Crippen molar-refractivity contribution in [3.63, 3.8) is 0 Å². The normalized spacial score (nSPS) is 15.7. The largest absolute Gasteiger partial charge is 0.329 e. The first-order valence-corrected chi connectivity index (χ1v) is 8.84. The lowest BCUT2D eigenvalue weighted by atomic mass is 9.93. The van der Waals surface area contributed by atoms with Crippen LogP contribution in [0.25, 0.3) is 0 Å². The van der Waals surface area contributed by atoms with Crippen molar-refractivity contribution in [2.75, 3.05) is 11.4 Å². The predicted molar refractivity (Wildman–Crippen MR) is 102 cm³/mol. The molecule has 4 rings (SSSR count). The van der Waals surface area contributed by atoms with Gasteiger partial charge in [0.15, 0.2) is 0 Å². The van der Waals surface area contributed by atoms with Crippen molar-refractivity contribution in [2.24, 2.45) is 0 Å². The summed E-state index contributed by atoms with van der Waals surface area (Å²) in [6.07, 6.45) is 2.71. The minimum absolute atomic E-state index is 0.113. The van der Waals surface area contributed by atoms with E-state index in [1.165, 1.54) is 17.2 Å². The lowest BCUT2D eigenvalue weighted by Crippen LogP contribution is -2.30. The number of H-pyrrole nitrogens is 1. The van der Waals surface area contributed by atoms with E-state index in [4.69, 9.17) is 0 Å². The third kappa shape index (κ3) is 3.18. The van der Waals surface area contributed by atoms with Crippen LogP contribution in [-0.2, 0) is 11.2 Å². The second-order valence-corrected chi connectivity index (χ2v) is 6.59. The highest BCUT2D eigenvalue weighted by Crippen LogP contribution is 2.40. The number of hydrogen-bond acceptors (Lipinski definition) is 2. The molecule has 0 radical (unpaired) electrons. The topological polar surface area (TPSA) is 53.2 Å². The molecule has 1 aliphatic heterocycles. The van der Waals surface area contributed by atoms with Gasteiger partial charge in [-0.05, 0) is 29.2 Å². The van der Waals surface area contributed by atoms with Gasteiger partial charge in [-0.15, -0.1) is 0 Å². The van der Waals surface area contributed by atoms with Crippen molar-refractivity contribution in [3.05, 3.63) is 100.0 Å². The number of aromatic amines is 1. The average molecular weight is 344 g/mol. The highest BCUT2D eigenvalue weighted by Gasteiger charge is 2.32. The van der Waals surface area contributed by atoms with Crippen molar-refractivity contribution in [2.45, 2.75) is 18.8 Å². The molecule has 26 heavy (non-hydrogen) atoms. The molecular formula is C22H20N2O2. The smallest absolute Gasteiger partial charge is 0.247 e. The number of aryl methyl sites for hydroxylation is 1. The van der Waals surface area contributed by atoms with Crippen LogP contribution in [-0.4, -0.2) is 17.4 Å². The van der Waals surface area contributed by atoms with Crippen molar-refractivity contribution in [3.8, 4) is 0 Å². The van der Waals surface area contributed by atoms with Gasteiger partial charge >= 0.3 is 0 Å². The van der Waals surface area contributed by atoms with E-state index in [2.05, 4.69) is 23.2 Å². The van der Waals surface area contributed by atoms with Crippen LogP contribution < -0.4 is 10.5 Å². The first-order chi connectivity index (χ1) is 12.7. The SMILES string of the molecule is O=C(CCc1ccc(=O)[nH]c1)N1CC(c2ccccc2)c2ccccc21. The Balaban J connectivity index is 1.54. The number of aromatic nitrogens is 1. The second kappa shape index (κ2) is 7.00. The number of carbonyl (C=O) groups excluding carboxylic acids is 1. The molecule has 0 spiro atoms. The molecule has 0 aliphatic carbocycles. The summed E-state index contributed by atoms with van der Waals surface area (Å²) < 4.78 is 0. The first kappa shape index (κ1) is 16.3. The number of pyridine rings is 1. The van der Waals surface area contributed by atoms with Crippen molar-refractivity contribution >= 4 is 11.6 Å². The number of fused-ring (bicyclic) bond motifs is 1. The van der Waals surface area contributed by atoms with Gasteiger partial charge in [-0.2, -0.15) is 0 Å². The minimum atomic E-state index is -0.126. The van der Waals surface area contributed by atoms with E-state index in [1.807, 2.05) is 41.3 Å². The molecule has 1 aliphatic rings. The fourth-order valence-corrected chi connectivity index (χ4v) is 3.60. The molecule has 4 heteroatoms. The number of carbonyl (C=O) groups is 1. The Morgan fingerprint density at radius 1 is 1.00 bits per heavy atom. The molecule has 1 unspecified atom stereocenters. The number of amides is 1. The minimum Gasteiger partial charge on any atom is -0.329 e. The zero-order chi connectivity index (χ0) is 17.9. The Kier molecular flexibility index (Phi) is 4.40. The van der Waals surface area contributed by atoms with Crippen molar-refractivity contribution in [1.29, 1.82) is 0 Å². The molecule has 1 amide bonds. The maximum Gasteiger partial charge on any atom is 0.247 e. The number of benzene rings is 2. The number of para-hydroxylation sites is 1. The number of nitrogens with one attached hydrogen (secondary N) is 1. The Labute approximate surface area is 152 Å². The molecule has 1 N–H and O–H groups in total. The molecule has 130 valence electrons. The van der Waals surface area contributed by atoms with Gasteiger partial charge in [0.25, 0.3) is 0 Å². The third-order valence-electron chi connectivity index (χ3n) is 4.95. The number of rotatable bonds is 4. The van der Waals surface area contributed by atoms with E-state index in [0.717, 1.165) is 11.3 Å². The Morgan fingerprint density at radius 2 is 1.77 bits per heavy atom. The van der Waals surface area contributed by atoms with Crippen LogP contribution in [0.15, 0.2) is 77.7 Å². The molecule has 0 saturated carbocycles. The van der Waals surface area contributed by atoms with Gasteiger partial charge < -0.3 is 9.88 Å². The van der Waals surface area contributed by atoms with Crippen molar-refractivity contribution < 1.29 is 4.79 Å². The van der Waals surface area contributed by atoms with Crippen LogP contribution in [0.4, 0.5) is 5.69 Å². The van der Waals surface area contributed by atoms with E-state index in [-0.39, 0.29) is 17.4 Å². The molecular weight excluding hydrogens is 324 g/mol. The van der Waals surface area contributed by atoms with Crippen LogP contribution in [0.1, 0.15) is 29.0 Å². The summed E-state index contributed by atoms with van der Waals surface area (Å²) in [5, 5.41) is 0. The highest BCUT2D eigenvalue weighted by molar-refractivity contribution is 5.96. The monoisotopic (exact) mass is 344 g/mol. The standard InChI is InChI=1S/C22H20N2O2/c25-21-12-10-16(14-23-21)11-13-22(26)24-15-19(17-6-2-1-3-7-17)18-8-4-5-9-20(18)24/h1-10,12,14,19H,11,13,15H2,(H,23,25). The van der Waals surface area contributed by atoms with Crippen LogP contribution in [0.3, 0.4) is 0 Å². The average Bonchev–Trinajstić information content (AvgIpc) is 3.08. The summed E-state index contributed by atoms with van der Waals surface area (Å²) >= 11 is 0. The van der Waals surface area contributed by atoms with Gasteiger partial charge in [0, 0.05) is 36.8 Å². The Morgan fingerprint density at radius 3 is 2.54 bits per heavy atom. The molecule has 0 fully saturated rings. The van der Waals surface area contributed by atoms with Gasteiger partial charge in [-0.25, -0.2) is 0 Å². The third-order valence-corrected chi connectivity index (χ3v) is 4.95. The second-order valence-electron chi connectivity index (χ2n) is 6.59. The highest BCUT2D eigenvalue weighted by atomic mass is 16.2. The zero-order valence-electron chi connectivity index (χ0n) is 14.4. The van der Waals surface area contributed by atoms with Crippen molar-refractivity contribution in [1.82, 2.24) is 4.98 Å². The molecule has 3 aromatic rings. The summed E-state index contributed by atoms with van der Waals surface area (Å²) in [6.45, 7) is 0.674. The molecule has 2 aromatic carbocycles. The van der Waals surface area contributed by atoms with Gasteiger partial charge in [0.1, 0.15) is 0 Å². The van der Waals surface area contributed by atoms with E-state index >= 15 is 0 Å². The lowest BCUT2D eigenvalue weighted by Gasteiger charge is -2.18. The Bertz CT molecular complexity index is 958. The fourth-order valence-electron chi connectivity index (χ4n) is 3.60. The molecule has 0 saturated heterocycles. The predicted octanol–water partition coefficient (Wildman–Crippen LogP) is 3.49. The van der Waals surface area contributed by atoms with Gasteiger partial charge in [0.05, 0.1) is 0 Å². The molecule has 1 atom stereocenters. The summed E-state index contributed by atoms with van der Waals surface area (Å²) in [6, 6.07) is 21.8. The van der Waals surface area contributed by atoms with E-state index in [0.29, 0.717) is 19.4 Å². The molecule has 4 nitrogen and oxygen atoms in total. The molecule has 2 heterocycles. The van der Waals surface area contributed by atoms with E-state index in [1.54, 1.807) is 12.3 Å². The van der Waals surface area contributed by atoms with E-state index < -0.39 is 0 Å². The number of anilines is 1. The van der Waals surface area contributed by atoms with Crippen LogP contribution >= 0.6 is 0 Å². The molecule has 1 aromatic heterocycles. The lowest BCUT2D eigenvalue weighted by molar-refractivity contribution is -0.118. The first-order valence-electron chi connectivity index (χ1n) is 8.84. The summed E-state index contributed by atoms with van der Waals surface area (Å²) in [4.78, 5) is 28.6. The maximum absolute atomic E-state index is 12.9. The van der Waals surface area contributed by atoms with Gasteiger partial charge in [-0.1, -0.05) is 54.6 Å². The van der Waals surface area contributed by atoms with Gasteiger partial charge in [-0.3, -0.25) is 9.59 Å².